The Morgan fingerprint density at radius 3 is 2.94 bits per heavy atom. The molecule has 8 heteroatoms. The van der Waals surface area contributed by atoms with Gasteiger partial charge in [0.2, 0.25) is 5.88 Å². The van der Waals surface area contributed by atoms with E-state index in [2.05, 4.69) is 10.3 Å². The average Bonchev–Trinajstić information content (AvgIpc) is 3.32. The van der Waals surface area contributed by atoms with Crippen LogP contribution in [-0.2, 0) is 9.53 Å². The number of ether oxygens (including phenoxy) is 2. The Morgan fingerprint density at radius 2 is 2.21 bits per heavy atom. The topological polar surface area (TPSA) is 106 Å². The lowest BCUT2D eigenvalue weighted by Crippen LogP contribution is -2.32. The van der Waals surface area contributed by atoms with Crippen LogP contribution < -0.4 is 15.6 Å². The molecule has 2 aromatic heterocycles. The normalized spacial score (nSPS) is 15.9. The van der Waals surface area contributed by atoms with Crippen LogP contribution in [0.2, 0.25) is 0 Å². The molecule has 3 aromatic rings. The minimum Gasteiger partial charge on any atom is -0.438 e. The molecule has 1 saturated heterocycles. The molecular formula is C25H24N4O4. The lowest BCUT2D eigenvalue weighted by Gasteiger charge is -2.12. The van der Waals surface area contributed by atoms with Crippen LogP contribution in [0.25, 0.3) is 11.7 Å². The smallest absolute Gasteiger partial charge is 0.269 e. The van der Waals surface area contributed by atoms with Crippen molar-refractivity contribution in [1.29, 1.82) is 5.26 Å². The summed E-state index contributed by atoms with van der Waals surface area (Å²) in [5.74, 6) is -0.0568. The molecule has 1 amide bonds. The zero-order chi connectivity index (χ0) is 23.4. The molecule has 8 nitrogen and oxygen atoms in total. The van der Waals surface area contributed by atoms with Crippen molar-refractivity contribution in [3.63, 3.8) is 0 Å². The summed E-state index contributed by atoms with van der Waals surface area (Å²) in [6, 6.07) is 12.8. The first-order valence-corrected chi connectivity index (χ1v) is 10.7. The molecule has 33 heavy (non-hydrogen) atoms. The number of amides is 1. The molecule has 1 fully saturated rings. The van der Waals surface area contributed by atoms with Gasteiger partial charge >= 0.3 is 0 Å². The van der Waals surface area contributed by atoms with E-state index in [1.54, 1.807) is 18.3 Å². The number of aryl methyl sites for hydroxylation is 2. The van der Waals surface area contributed by atoms with Crippen LogP contribution in [0.15, 0.2) is 53.0 Å². The number of rotatable bonds is 6. The van der Waals surface area contributed by atoms with E-state index < -0.39 is 11.5 Å². The zero-order valence-corrected chi connectivity index (χ0v) is 18.5. The lowest BCUT2D eigenvalue weighted by atomic mass is 10.1. The molecule has 0 aliphatic carbocycles. The number of benzene rings is 1. The van der Waals surface area contributed by atoms with Crippen molar-refractivity contribution in [2.45, 2.75) is 32.8 Å². The van der Waals surface area contributed by atoms with Crippen LogP contribution in [0.4, 0.5) is 0 Å². The molecule has 4 rings (SSSR count). The van der Waals surface area contributed by atoms with E-state index in [4.69, 9.17) is 9.47 Å². The van der Waals surface area contributed by atoms with E-state index in [1.165, 1.54) is 10.5 Å². The number of aromatic nitrogens is 2. The van der Waals surface area contributed by atoms with Gasteiger partial charge in [0.25, 0.3) is 11.5 Å². The van der Waals surface area contributed by atoms with Crippen molar-refractivity contribution in [1.82, 2.24) is 14.7 Å². The maximum absolute atomic E-state index is 13.3. The summed E-state index contributed by atoms with van der Waals surface area (Å²) >= 11 is 0. The number of nitriles is 1. The van der Waals surface area contributed by atoms with Crippen molar-refractivity contribution >= 4 is 17.6 Å². The number of carbonyl (C=O) groups excluding carboxylic acids is 1. The van der Waals surface area contributed by atoms with E-state index in [0.29, 0.717) is 24.5 Å². The van der Waals surface area contributed by atoms with Gasteiger partial charge in [-0.2, -0.15) is 10.2 Å². The van der Waals surface area contributed by atoms with Gasteiger partial charge in [0, 0.05) is 19.3 Å². The molecule has 1 aromatic carbocycles. The van der Waals surface area contributed by atoms with Crippen LogP contribution in [0.1, 0.15) is 29.5 Å². The Bertz CT molecular complexity index is 1330. The largest absolute Gasteiger partial charge is 0.438 e. The van der Waals surface area contributed by atoms with Crippen molar-refractivity contribution in [2.24, 2.45) is 0 Å². The third-order valence-corrected chi connectivity index (χ3v) is 5.42. The number of hydrogen-bond donors (Lipinski definition) is 1. The Hall–Kier alpha value is -3.96. The Labute approximate surface area is 191 Å². The number of fused-ring (bicyclic) bond motifs is 1. The van der Waals surface area contributed by atoms with Gasteiger partial charge in [0.15, 0.2) is 0 Å². The summed E-state index contributed by atoms with van der Waals surface area (Å²) in [7, 11) is 0. The molecule has 3 heterocycles. The van der Waals surface area contributed by atoms with E-state index in [1.807, 2.05) is 44.2 Å². The predicted octanol–water partition coefficient (Wildman–Crippen LogP) is 3.31. The highest BCUT2D eigenvalue weighted by molar-refractivity contribution is 6.01. The lowest BCUT2D eigenvalue weighted by molar-refractivity contribution is -0.117. The predicted molar refractivity (Wildman–Crippen MR) is 123 cm³/mol. The summed E-state index contributed by atoms with van der Waals surface area (Å²) in [6.07, 6.45) is 4.57. The first-order valence-electron chi connectivity index (χ1n) is 10.7. The maximum atomic E-state index is 13.3. The van der Waals surface area contributed by atoms with Gasteiger partial charge in [0.1, 0.15) is 28.6 Å². The number of nitrogens with one attached hydrogen (secondary N) is 1. The number of hydrogen-bond acceptors (Lipinski definition) is 6. The van der Waals surface area contributed by atoms with Crippen LogP contribution in [-0.4, -0.2) is 34.5 Å². The summed E-state index contributed by atoms with van der Waals surface area (Å²) in [6.45, 7) is 4.73. The van der Waals surface area contributed by atoms with Crippen LogP contribution in [0.3, 0.4) is 0 Å². The second kappa shape index (κ2) is 9.67. The fraction of sp³-hybridized carbons (Fsp3) is 0.280. The summed E-state index contributed by atoms with van der Waals surface area (Å²) in [4.78, 5) is 30.5. The number of nitrogens with zero attached hydrogens (tertiary/aromatic N) is 3. The van der Waals surface area contributed by atoms with Crippen LogP contribution in [0, 0.1) is 25.2 Å². The van der Waals surface area contributed by atoms with Crippen LogP contribution >= 0.6 is 0 Å². The van der Waals surface area contributed by atoms with E-state index >= 15 is 0 Å². The molecule has 0 bridgehead atoms. The van der Waals surface area contributed by atoms with Crippen molar-refractivity contribution in [2.75, 3.05) is 13.2 Å². The molecule has 168 valence electrons. The highest BCUT2D eigenvalue weighted by Gasteiger charge is 2.20. The van der Waals surface area contributed by atoms with E-state index in [0.717, 1.165) is 24.0 Å². The second-order valence-electron chi connectivity index (χ2n) is 7.95. The SMILES string of the molecule is Cc1cccc(Oc2nc3c(C)cccn3c(=O)c2/C=C(\C#N)C(=O)NC[C@H]2CCCO2)c1. The summed E-state index contributed by atoms with van der Waals surface area (Å²) < 4.78 is 12.9. The Kier molecular flexibility index (Phi) is 6.52. The molecule has 1 N–H and O–H groups in total. The van der Waals surface area contributed by atoms with Gasteiger partial charge in [-0.3, -0.25) is 14.0 Å². The van der Waals surface area contributed by atoms with Crippen LogP contribution in [0.5, 0.6) is 11.6 Å². The highest BCUT2D eigenvalue weighted by atomic mass is 16.5. The first-order chi connectivity index (χ1) is 16.0. The van der Waals surface area contributed by atoms with Gasteiger partial charge in [0.05, 0.1) is 6.10 Å². The Balaban J connectivity index is 1.76. The fourth-order valence-corrected chi connectivity index (χ4v) is 3.68. The highest BCUT2D eigenvalue weighted by Crippen LogP contribution is 2.25. The quantitative estimate of drug-likeness (QED) is 0.462. The van der Waals surface area contributed by atoms with Crippen molar-refractivity contribution in [3.05, 3.63) is 75.2 Å². The third-order valence-electron chi connectivity index (χ3n) is 5.42. The minimum atomic E-state index is -0.580. The molecule has 0 spiro atoms. The van der Waals surface area contributed by atoms with E-state index in [9.17, 15) is 14.9 Å². The molecule has 1 aliphatic rings. The molecule has 0 saturated carbocycles. The third kappa shape index (κ3) is 4.94. The molecular weight excluding hydrogens is 420 g/mol. The molecule has 1 aliphatic heterocycles. The average molecular weight is 444 g/mol. The van der Waals surface area contributed by atoms with Gasteiger partial charge in [-0.05, 0) is 62.1 Å². The summed E-state index contributed by atoms with van der Waals surface area (Å²) in [5, 5.41) is 12.3. The maximum Gasteiger partial charge on any atom is 0.269 e. The van der Waals surface area contributed by atoms with Gasteiger partial charge in [-0.25, -0.2) is 0 Å². The molecule has 0 unspecified atom stereocenters. The first kappa shape index (κ1) is 22.2. The van der Waals surface area contributed by atoms with Gasteiger partial charge in [-0.1, -0.05) is 18.2 Å². The zero-order valence-electron chi connectivity index (χ0n) is 18.5. The molecule has 1 atom stereocenters. The number of carbonyl (C=O) groups is 1. The minimum absolute atomic E-state index is 0.0171. The monoisotopic (exact) mass is 444 g/mol. The fourth-order valence-electron chi connectivity index (χ4n) is 3.68. The summed E-state index contributed by atoms with van der Waals surface area (Å²) in [5.41, 5.74) is 1.56. The number of pyridine rings is 1. The van der Waals surface area contributed by atoms with Crippen molar-refractivity contribution < 1.29 is 14.3 Å². The second-order valence-corrected chi connectivity index (χ2v) is 7.95. The molecule has 0 radical (unpaired) electrons. The van der Waals surface area contributed by atoms with E-state index in [-0.39, 0.29) is 23.1 Å². The van der Waals surface area contributed by atoms with Gasteiger partial charge < -0.3 is 14.8 Å². The Morgan fingerprint density at radius 1 is 1.36 bits per heavy atom. The van der Waals surface area contributed by atoms with Gasteiger partial charge in [-0.15, -0.1) is 0 Å². The van der Waals surface area contributed by atoms with Crippen molar-refractivity contribution in [3.8, 4) is 17.7 Å². The standard InChI is InChI=1S/C25H24N4O4/c1-16-6-3-8-19(12-16)33-24-21(25(31)29-10-4-7-17(2)22(29)28-24)13-18(14-26)23(30)27-15-20-9-5-11-32-20/h3-4,6-8,10,12-13,20H,5,9,11,15H2,1-2H3,(H,27,30)/b18-13+/t20-/m1/s1.